The third-order valence-electron chi connectivity index (χ3n) is 4.16. The predicted octanol–water partition coefficient (Wildman–Crippen LogP) is -0.765. The molecule has 0 aliphatic carbocycles. The van der Waals surface area contributed by atoms with Crippen LogP contribution in [0.4, 0.5) is 10.1 Å². The third-order valence-corrected chi connectivity index (χ3v) is 5.30. The molecular weight excluding hydrogens is 355 g/mol. The second kappa shape index (κ2) is 6.87. The fraction of sp³-hybridized carbons (Fsp3) is 0.533. The largest absolute Gasteiger partial charge is 0.388 e. The van der Waals surface area contributed by atoms with Gasteiger partial charge in [-0.3, -0.25) is 9.10 Å². The van der Waals surface area contributed by atoms with Crippen LogP contribution in [0.15, 0.2) is 24.3 Å². The highest BCUT2D eigenvalue weighted by Crippen LogP contribution is 2.27. The zero-order valence-electron chi connectivity index (χ0n) is 13.5. The Balaban J connectivity index is 1.69. The maximum absolute atomic E-state index is 13.4. The van der Waals surface area contributed by atoms with Gasteiger partial charge in [-0.05, 0) is 18.2 Å². The zero-order chi connectivity index (χ0) is 18.2. The van der Waals surface area contributed by atoms with Crippen molar-refractivity contribution < 1.29 is 32.2 Å². The number of ether oxygens (including phenoxy) is 2. The molecule has 25 heavy (non-hydrogen) atoms. The van der Waals surface area contributed by atoms with Crippen molar-refractivity contribution in [3.05, 3.63) is 30.1 Å². The summed E-state index contributed by atoms with van der Waals surface area (Å²) in [4.78, 5) is 12.3. The highest BCUT2D eigenvalue weighted by atomic mass is 32.2. The van der Waals surface area contributed by atoms with Crippen molar-refractivity contribution in [3.8, 4) is 0 Å². The van der Waals surface area contributed by atoms with Gasteiger partial charge in [0.2, 0.25) is 15.9 Å². The molecule has 8 nitrogen and oxygen atoms in total. The Kier molecular flexibility index (Phi) is 4.96. The van der Waals surface area contributed by atoms with Crippen molar-refractivity contribution in [3.63, 3.8) is 0 Å². The van der Waals surface area contributed by atoms with Gasteiger partial charge in [0, 0.05) is 0 Å². The Labute approximate surface area is 144 Å². The number of amides is 1. The Hall–Kier alpha value is -1.75. The number of aliphatic hydroxyl groups excluding tert-OH is 1. The van der Waals surface area contributed by atoms with Crippen molar-refractivity contribution in [1.82, 2.24) is 5.32 Å². The molecule has 2 heterocycles. The number of hydrogen-bond acceptors (Lipinski definition) is 6. The second-order valence-corrected chi connectivity index (χ2v) is 7.99. The van der Waals surface area contributed by atoms with E-state index in [0.717, 1.165) is 16.6 Å². The molecule has 0 unspecified atom stereocenters. The number of hydrogen-bond donors (Lipinski definition) is 2. The Morgan fingerprint density at radius 2 is 2.08 bits per heavy atom. The van der Waals surface area contributed by atoms with Crippen LogP contribution in [0.5, 0.6) is 0 Å². The molecule has 0 radical (unpaired) electrons. The number of nitrogens with zero attached hydrogens (tertiary/aromatic N) is 1. The normalized spacial score (nSPS) is 28.6. The summed E-state index contributed by atoms with van der Waals surface area (Å²) in [6.07, 6.45) is -0.776. The number of benzene rings is 1. The molecule has 138 valence electrons. The van der Waals surface area contributed by atoms with E-state index >= 15 is 0 Å². The molecular formula is C15H19FN2O6S. The molecule has 0 bridgehead atoms. The van der Waals surface area contributed by atoms with Crippen LogP contribution < -0.4 is 9.62 Å². The van der Waals surface area contributed by atoms with Crippen molar-refractivity contribution in [2.24, 2.45) is 0 Å². The van der Waals surface area contributed by atoms with E-state index in [-0.39, 0.29) is 18.9 Å². The van der Waals surface area contributed by atoms with Crippen LogP contribution in [0.2, 0.25) is 0 Å². The first-order valence-electron chi connectivity index (χ1n) is 7.69. The zero-order valence-corrected chi connectivity index (χ0v) is 14.3. The summed E-state index contributed by atoms with van der Waals surface area (Å²) in [5, 5.41) is 12.4. The van der Waals surface area contributed by atoms with Gasteiger partial charge in [0.25, 0.3) is 0 Å². The topological polar surface area (TPSA) is 105 Å². The number of carbonyl (C=O) groups excluding carboxylic acids is 1. The van der Waals surface area contributed by atoms with Crippen molar-refractivity contribution in [2.45, 2.75) is 24.4 Å². The van der Waals surface area contributed by atoms with Crippen LogP contribution in [0.1, 0.15) is 0 Å². The van der Waals surface area contributed by atoms with Crippen LogP contribution in [0.3, 0.4) is 0 Å². The molecule has 3 rings (SSSR count). The lowest BCUT2D eigenvalue weighted by molar-refractivity contribution is -0.121. The highest BCUT2D eigenvalue weighted by Gasteiger charge is 2.47. The number of nitrogens with one attached hydrogen (secondary N) is 1. The summed E-state index contributed by atoms with van der Waals surface area (Å²) >= 11 is 0. The minimum Gasteiger partial charge on any atom is -0.388 e. The fourth-order valence-electron chi connectivity index (χ4n) is 3.02. The van der Waals surface area contributed by atoms with E-state index in [9.17, 15) is 22.7 Å². The number of halogens is 1. The van der Waals surface area contributed by atoms with Crippen molar-refractivity contribution in [2.75, 3.05) is 30.3 Å². The lowest BCUT2D eigenvalue weighted by Crippen LogP contribution is -2.48. The second-order valence-electron chi connectivity index (χ2n) is 6.09. The smallest absolute Gasteiger partial charge is 0.241 e. The lowest BCUT2D eigenvalue weighted by Gasteiger charge is -2.24. The van der Waals surface area contributed by atoms with Gasteiger partial charge in [0.1, 0.15) is 30.7 Å². The van der Waals surface area contributed by atoms with Gasteiger partial charge >= 0.3 is 0 Å². The molecule has 0 aromatic heterocycles. The first-order valence-corrected chi connectivity index (χ1v) is 9.54. The summed E-state index contributed by atoms with van der Waals surface area (Å²) in [5.41, 5.74) is 0.0609. The lowest BCUT2D eigenvalue weighted by atomic mass is 10.1. The van der Waals surface area contributed by atoms with E-state index in [1.165, 1.54) is 18.2 Å². The Bertz CT molecular complexity index is 758. The quantitative estimate of drug-likeness (QED) is 0.702. The van der Waals surface area contributed by atoms with Gasteiger partial charge in [-0.25, -0.2) is 12.8 Å². The molecule has 0 saturated carbocycles. The summed E-state index contributed by atoms with van der Waals surface area (Å²) in [6, 6.07) is 4.51. The van der Waals surface area contributed by atoms with Gasteiger partial charge in [-0.2, -0.15) is 0 Å². The number of sulfonamides is 1. The number of aliphatic hydroxyl groups is 1. The highest BCUT2D eigenvalue weighted by molar-refractivity contribution is 7.92. The molecule has 2 N–H and O–H groups in total. The van der Waals surface area contributed by atoms with E-state index in [0.29, 0.717) is 0 Å². The fourth-order valence-corrected chi connectivity index (χ4v) is 3.87. The number of rotatable bonds is 5. The molecule has 2 fully saturated rings. The Morgan fingerprint density at radius 1 is 1.36 bits per heavy atom. The van der Waals surface area contributed by atoms with Gasteiger partial charge in [0.15, 0.2) is 0 Å². The van der Waals surface area contributed by atoms with Gasteiger partial charge in [-0.1, -0.05) is 6.07 Å². The first kappa shape index (κ1) is 18.1. The maximum Gasteiger partial charge on any atom is 0.241 e. The van der Waals surface area contributed by atoms with Crippen LogP contribution in [0, 0.1) is 5.82 Å². The molecule has 0 spiro atoms. The molecule has 10 heteroatoms. The molecule has 2 aliphatic heterocycles. The minimum absolute atomic E-state index is 0.0609. The summed E-state index contributed by atoms with van der Waals surface area (Å²) in [5.74, 6) is -1.18. The third kappa shape index (κ3) is 3.92. The predicted molar refractivity (Wildman–Crippen MR) is 86.0 cm³/mol. The van der Waals surface area contributed by atoms with Gasteiger partial charge in [0.05, 0.1) is 31.2 Å². The number of carbonyl (C=O) groups is 1. The average Bonchev–Trinajstić information content (AvgIpc) is 3.08. The van der Waals surface area contributed by atoms with E-state index < -0.39 is 52.6 Å². The standard InChI is InChI=1S/C15H19FN2O6S/c1-25(21,22)18(10-4-2-3-9(16)5-10)6-13(20)17-11-7-23-15-12(19)8-24-14(11)15/h2-5,11-12,14-15,19H,6-8H2,1H3,(H,17,20)/t11-,12-,14-,15-/m1/s1. The molecule has 4 atom stereocenters. The van der Waals surface area contributed by atoms with Crippen molar-refractivity contribution >= 4 is 21.6 Å². The summed E-state index contributed by atoms with van der Waals surface area (Å²) in [7, 11) is -3.79. The SMILES string of the molecule is CS(=O)(=O)N(CC(=O)N[C@@H]1CO[C@H]2[C@@H]1OC[C@H]2O)c1cccc(F)c1. The van der Waals surface area contributed by atoms with Crippen molar-refractivity contribution in [1.29, 1.82) is 0 Å². The molecule has 1 aromatic rings. The van der Waals surface area contributed by atoms with E-state index in [1.54, 1.807) is 0 Å². The van der Waals surface area contributed by atoms with Crippen LogP contribution in [-0.4, -0.2) is 69.8 Å². The number of fused-ring (bicyclic) bond motifs is 1. The van der Waals surface area contributed by atoms with Crippen LogP contribution >= 0.6 is 0 Å². The van der Waals surface area contributed by atoms with E-state index in [4.69, 9.17) is 9.47 Å². The molecule has 1 amide bonds. The summed E-state index contributed by atoms with van der Waals surface area (Å²) < 4.78 is 49.0. The summed E-state index contributed by atoms with van der Waals surface area (Å²) in [6.45, 7) is -0.212. The average molecular weight is 374 g/mol. The first-order chi connectivity index (χ1) is 11.8. The van der Waals surface area contributed by atoms with Gasteiger partial charge < -0.3 is 19.9 Å². The molecule has 2 saturated heterocycles. The van der Waals surface area contributed by atoms with Crippen LogP contribution in [0.25, 0.3) is 0 Å². The molecule has 1 aromatic carbocycles. The van der Waals surface area contributed by atoms with Gasteiger partial charge in [-0.15, -0.1) is 0 Å². The molecule has 2 aliphatic rings. The van der Waals surface area contributed by atoms with E-state index in [1.807, 2.05) is 0 Å². The maximum atomic E-state index is 13.4. The van der Waals surface area contributed by atoms with Crippen LogP contribution in [-0.2, 0) is 24.3 Å². The Morgan fingerprint density at radius 3 is 2.76 bits per heavy atom. The minimum atomic E-state index is -3.79. The monoisotopic (exact) mass is 374 g/mol. The van der Waals surface area contributed by atoms with E-state index in [2.05, 4.69) is 5.32 Å². The number of anilines is 1.